The second-order valence-electron chi connectivity index (χ2n) is 4.99. The Bertz CT molecular complexity index is 279. The molecule has 0 aromatic heterocycles. The zero-order valence-corrected chi connectivity index (χ0v) is 9.82. The SMILES string of the molecule is CC(C)(C)OC(=O)N1CC(CC(=O)NO)C1. The maximum absolute atomic E-state index is 11.5. The molecule has 1 fully saturated rings. The fourth-order valence-electron chi connectivity index (χ4n) is 1.48. The Morgan fingerprint density at radius 1 is 1.44 bits per heavy atom. The number of hydrogen-bond donors (Lipinski definition) is 2. The largest absolute Gasteiger partial charge is 0.444 e. The van der Waals surface area contributed by atoms with Crippen LogP contribution in [0.3, 0.4) is 0 Å². The molecule has 92 valence electrons. The van der Waals surface area contributed by atoms with Gasteiger partial charge in [-0.25, -0.2) is 10.3 Å². The molecule has 1 aliphatic rings. The summed E-state index contributed by atoms with van der Waals surface area (Å²) in [6.45, 7) is 6.43. The molecule has 6 nitrogen and oxygen atoms in total. The Balaban J connectivity index is 2.25. The van der Waals surface area contributed by atoms with Gasteiger partial charge in [0.2, 0.25) is 5.91 Å². The van der Waals surface area contributed by atoms with Gasteiger partial charge >= 0.3 is 6.09 Å². The summed E-state index contributed by atoms with van der Waals surface area (Å²) in [5.41, 5.74) is 1.08. The Morgan fingerprint density at radius 3 is 2.44 bits per heavy atom. The second-order valence-corrected chi connectivity index (χ2v) is 4.99. The van der Waals surface area contributed by atoms with Crippen LogP contribution in [0.5, 0.6) is 0 Å². The van der Waals surface area contributed by atoms with Crippen molar-refractivity contribution in [1.29, 1.82) is 0 Å². The minimum atomic E-state index is -0.495. The van der Waals surface area contributed by atoms with Crippen molar-refractivity contribution in [2.45, 2.75) is 32.8 Å². The maximum Gasteiger partial charge on any atom is 0.410 e. The van der Waals surface area contributed by atoms with Crippen LogP contribution in [-0.2, 0) is 9.53 Å². The third-order valence-electron chi connectivity index (χ3n) is 2.21. The van der Waals surface area contributed by atoms with Gasteiger partial charge in [-0.05, 0) is 20.8 Å². The van der Waals surface area contributed by atoms with Crippen LogP contribution in [0.25, 0.3) is 0 Å². The molecule has 1 rings (SSSR count). The van der Waals surface area contributed by atoms with E-state index in [9.17, 15) is 9.59 Å². The zero-order chi connectivity index (χ0) is 12.3. The minimum Gasteiger partial charge on any atom is -0.444 e. The number of carbonyl (C=O) groups is 2. The molecule has 0 bridgehead atoms. The van der Waals surface area contributed by atoms with Gasteiger partial charge in [-0.3, -0.25) is 10.0 Å². The smallest absolute Gasteiger partial charge is 0.410 e. The number of nitrogens with zero attached hydrogens (tertiary/aromatic N) is 1. The number of nitrogens with one attached hydrogen (secondary N) is 1. The highest BCUT2D eigenvalue weighted by atomic mass is 16.6. The first-order chi connectivity index (χ1) is 7.31. The molecule has 0 saturated carbocycles. The van der Waals surface area contributed by atoms with Gasteiger partial charge in [0.05, 0.1) is 0 Å². The van der Waals surface area contributed by atoms with Crippen molar-refractivity contribution in [2.75, 3.05) is 13.1 Å². The molecule has 1 heterocycles. The van der Waals surface area contributed by atoms with Gasteiger partial charge in [-0.1, -0.05) is 0 Å². The maximum atomic E-state index is 11.5. The fourth-order valence-corrected chi connectivity index (χ4v) is 1.48. The number of hydrogen-bond acceptors (Lipinski definition) is 4. The Morgan fingerprint density at radius 2 is 2.00 bits per heavy atom. The number of likely N-dealkylation sites (tertiary alicyclic amines) is 1. The Kier molecular flexibility index (Phi) is 3.74. The first-order valence-corrected chi connectivity index (χ1v) is 5.22. The normalized spacial score (nSPS) is 16.6. The van der Waals surface area contributed by atoms with E-state index >= 15 is 0 Å². The highest BCUT2D eigenvalue weighted by molar-refractivity contribution is 5.75. The van der Waals surface area contributed by atoms with E-state index in [4.69, 9.17) is 9.94 Å². The summed E-state index contributed by atoms with van der Waals surface area (Å²) in [4.78, 5) is 23.9. The van der Waals surface area contributed by atoms with Crippen molar-refractivity contribution in [3.63, 3.8) is 0 Å². The van der Waals surface area contributed by atoms with Gasteiger partial charge in [0.15, 0.2) is 0 Å². The standard InChI is InChI=1S/C10H18N2O4/c1-10(2,3)16-9(14)12-5-7(6-12)4-8(13)11-15/h7,15H,4-6H2,1-3H3,(H,11,13). The molecule has 0 spiro atoms. The van der Waals surface area contributed by atoms with E-state index in [2.05, 4.69) is 0 Å². The molecule has 0 unspecified atom stereocenters. The molecule has 2 amide bonds. The van der Waals surface area contributed by atoms with Crippen LogP contribution in [0.4, 0.5) is 4.79 Å². The number of amides is 2. The summed E-state index contributed by atoms with van der Waals surface area (Å²) in [7, 11) is 0. The summed E-state index contributed by atoms with van der Waals surface area (Å²) in [5.74, 6) is -0.312. The number of hydroxylamine groups is 1. The average Bonchev–Trinajstić information content (AvgIpc) is 2.06. The van der Waals surface area contributed by atoms with Crippen molar-refractivity contribution in [2.24, 2.45) is 5.92 Å². The predicted molar refractivity (Wildman–Crippen MR) is 55.8 cm³/mol. The highest BCUT2D eigenvalue weighted by Gasteiger charge is 2.34. The Hall–Kier alpha value is -1.30. The monoisotopic (exact) mass is 230 g/mol. The lowest BCUT2D eigenvalue weighted by molar-refractivity contribution is -0.131. The fraction of sp³-hybridized carbons (Fsp3) is 0.800. The molecule has 2 N–H and O–H groups in total. The van der Waals surface area contributed by atoms with Gasteiger partial charge in [0.25, 0.3) is 0 Å². The van der Waals surface area contributed by atoms with E-state index in [0.717, 1.165) is 0 Å². The molecule has 1 saturated heterocycles. The van der Waals surface area contributed by atoms with Crippen LogP contribution in [0, 0.1) is 5.92 Å². The van der Waals surface area contributed by atoms with E-state index < -0.39 is 11.5 Å². The van der Waals surface area contributed by atoms with Crippen LogP contribution < -0.4 is 5.48 Å². The average molecular weight is 230 g/mol. The van der Waals surface area contributed by atoms with Gasteiger partial charge < -0.3 is 9.64 Å². The molecule has 0 atom stereocenters. The van der Waals surface area contributed by atoms with E-state index in [1.165, 1.54) is 0 Å². The predicted octanol–water partition coefficient (Wildman–Crippen LogP) is 0.749. The van der Waals surface area contributed by atoms with Crippen molar-refractivity contribution in [3.05, 3.63) is 0 Å². The van der Waals surface area contributed by atoms with E-state index in [-0.39, 0.29) is 18.4 Å². The molecule has 0 aromatic carbocycles. The van der Waals surface area contributed by atoms with Crippen molar-refractivity contribution >= 4 is 12.0 Å². The van der Waals surface area contributed by atoms with Gasteiger partial charge in [-0.2, -0.15) is 0 Å². The molecule has 0 radical (unpaired) electrons. The van der Waals surface area contributed by atoms with E-state index in [0.29, 0.717) is 13.1 Å². The molecule has 1 aliphatic heterocycles. The van der Waals surface area contributed by atoms with Crippen molar-refractivity contribution in [3.8, 4) is 0 Å². The third-order valence-corrected chi connectivity index (χ3v) is 2.21. The first kappa shape index (κ1) is 12.8. The quantitative estimate of drug-likeness (QED) is 0.542. The summed E-state index contributed by atoms with van der Waals surface area (Å²) >= 11 is 0. The van der Waals surface area contributed by atoms with Crippen LogP contribution in [0.2, 0.25) is 0 Å². The number of rotatable bonds is 2. The van der Waals surface area contributed by atoms with Gasteiger partial charge in [0, 0.05) is 25.4 Å². The lowest BCUT2D eigenvalue weighted by Gasteiger charge is -2.39. The molecule has 16 heavy (non-hydrogen) atoms. The molecule has 0 aliphatic carbocycles. The number of carbonyl (C=O) groups excluding carboxylic acids is 2. The zero-order valence-electron chi connectivity index (χ0n) is 9.82. The molecule has 6 heteroatoms. The van der Waals surface area contributed by atoms with Crippen molar-refractivity contribution < 1.29 is 19.5 Å². The lowest BCUT2D eigenvalue weighted by Crippen LogP contribution is -2.52. The summed E-state index contributed by atoms with van der Waals surface area (Å²) < 4.78 is 5.16. The van der Waals surface area contributed by atoms with E-state index in [1.54, 1.807) is 31.2 Å². The third kappa shape index (κ3) is 3.69. The lowest BCUT2D eigenvalue weighted by atomic mass is 9.97. The number of ether oxygens (including phenoxy) is 1. The van der Waals surface area contributed by atoms with Crippen LogP contribution >= 0.6 is 0 Å². The van der Waals surface area contributed by atoms with Gasteiger partial charge in [-0.15, -0.1) is 0 Å². The van der Waals surface area contributed by atoms with Crippen LogP contribution in [0.15, 0.2) is 0 Å². The van der Waals surface area contributed by atoms with E-state index in [1.807, 2.05) is 0 Å². The van der Waals surface area contributed by atoms with Crippen LogP contribution in [-0.4, -0.2) is 40.8 Å². The summed E-state index contributed by atoms with van der Waals surface area (Å²) in [6.07, 6.45) is -0.122. The molecular weight excluding hydrogens is 212 g/mol. The minimum absolute atomic E-state index is 0.111. The molecule has 0 aromatic rings. The summed E-state index contributed by atoms with van der Waals surface area (Å²) in [5, 5.41) is 8.33. The summed E-state index contributed by atoms with van der Waals surface area (Å²) in [6, 6.07) is 0. The van der Waals surface area contributed by atoms with Crippen molar-refractivity contribution in [1.82, 2.24) is 10.4 Å². The molecular formula is C10H18N2O4. The first-order valence-electron chi connectivity index (χ1n) is 5.22. The Labute approximate surface area is 94.5 Å². The second kappa shape index (κ2) is 4.69. The highest BCUT2D eigenvalue weighted by Crippen LogP contribution is 2.21. The van der Waals surface area contributed by atoms with Crippen LogP contribution in [0.1, 0.15) is 27.2 Å². The van der Waals surface area contributed by atoms with Gasteiger partial charge in [0.1, 0.15) is 5.60 Å². The topological polar surface area (TPSA) is 78.9 Å².